The molecular formula is C18H29N5O3. The summed E-state index contributed by atoms with van der Waals surface area (Å²) in [6.07, 6.45) is 10.7. The van der Waals surface area contributed by atoms with Gasteiger partial charge in [-0.3, -0.25) is 9.69 Å². The van der Waals surface area contributed by atoms with E-state index in [1.54, 1.807) is 11.5 Å². The Morgan fingerprint density at radius 2 is 2.04 bits per heavy atom. The van der Waals surface area contributed by atoms with Crippen LogP contribution < -0.4 is 5.32 Å². The van der Waals surface area contributed by atoms with Gasteiger partial charge in [0.15, 0.2) is 0 Å². The van der Waals surface area contributed by atoms with Crippen molar-refractivity contribution in [1.82, 2.24) is 19.8 Å². The number of carbonyl (C=O) groups is 1. The maximum atomic E-state index is 12.3. The molecule has 0 radical (unpaired) electrons. The summed E-state index contributed by atoms with van der Waals surface area (Å²) < 4.78 is 1.67. The average Bonchev–Trinajstić information content (AvgIpc) is 3.11. The van der Waals surface area contributed by atoms with E-state index in [-0.39, 0.29) is 17.8 Å². The van der Waals surface area contributed by atoms with Gasteiger partial charge < -0.3 is 20.0 Å². The summed E-state index contributed by atoms with van der Waals surface area (Å²) in [6, 6.07) is 0.914. The molecule has 3 rings (SSSR count). The van der Waals surface area contributed by atoms with Gasteiger partial charge in [-0.05, 0) is 29.2 Å². The minimum Gasteiger partial charge on any atom is -0.358 e. The highest BCUT2D eigenvalue weighted by Gasteiger charge is 2.29. The summed E-state index contributed by atoms with van der Waals surface area (Å²) in [5.74, 6) is 0.399. The van der Waals surface area contributed by atoms with Crippen LogP contribution in [0.15, 0.2) is 6.20 Å². The van der Waals surface area contributed by atoms with E-state index in [1.165, 1.54) is 44.7 Å². The molecule has 1 aliphatic heterocycles. The molecule has 1 atom stereocenters. The molecule has 1 saturated carbocycles. The number of hydrogen-bond acceptors (Lipinski definition) is 5. The largest absolute Gasteiger partial charge is 0.381 e. The van der Waals surface area contributed by atoms with Crippen molar-refractivity contribution in [1.29, 1.82) is 0 Å². The van der Waals surface area contributed by atoms with Gasteiger partial charge >= 0.3 is 5.82 Å². The van der Waals surface area contributed by atoms with Crippen molar-refractivity contribution in [3.63, 3.8) is 0 Å². The van der Waals surface area contributed by atoms with E-state index >= 15 is 0 Å². The zero-order valence-electron chi connectivity index (χ0n) is 15.5. The van der Waals surface area contributed by atoms with Crippen LogP contribution in [-0.2, 0) is 11.3 Å². The van der Waals surface area contributed by atoms with Crippen molar-refractivity contribution < 1.29 is 9.72 Å². The molecule has 1 aromatic heterocycles. The Morgan fingerprint density at radius 1 is 1.31 bits per heavy atom. The van der Waals surface area contributed by atoms with E-state index in [9.17, 15) is 14.9 Å². The van der Waals surface area contributed by atoms with Gasteiger partial charge in [0.25, 0.3) is 0 Å². The summed E-state index contributed by atoms with van der Waals surface area (Å²) in [7, 11) is 0. The highest BCUT2D eigenvalue weighted by Crippen LogP contribution is 2.25. The molecule has 1 aromatic rings. The molecule has 26 heavy (non-hydrogen) atoms. The maximum Gasteiger partial charge on any atom is 0.381 e. The fourth-order valence-electron chi connectivity index (χ4n) is 4.19. The molecule has 1 unspecified atom stereocenters. The summed E-state index contributed by atoms with van der Waals surface area (Å²) in [4.78, 5) is 29.0. The zero-order chi connectivity index (χ0) is 18.5. The van der Waals surface area contributed by atoms with Crippen molar-refractivity contribution in [2.45, 2.75) is 76.9 Å². The second kappa shape index (κ2) is 8.62. The van der Waals surface area contributed by atoms with E-state index in [0.29, 0.717) is 24.8 Å². The first-order chi connectivity index (χ1) is 12.5. The Kier molecular flexibility index (Phi) is 6.24. The fraction of sp³-hybridized carbons (Fsp3) is 0.778. The Balaban J connectivity index is 1.43. The maximum absolute atomic E-state index is 12.3. The molecular weight excluding hydrogens is 334 g/mol. The number of hydrogen-bond donors (Lipinski definition) is 1. The van der Waals surface area contributed by atoms with Gasteiger partial charge in [0.2, 0.25) is 11.7 Å². The smallest absolute Gasteiger partial charge is 0.358 e. The molecule has 2 aliphatic rings. The molecule has 2 fully saturated rings. The fourth-order valence-corrected chi connectivity index (χ4v) is 4.19. The van der Waals surface area contributed by atoms with Gasteiger partial charge in [-0.15, -0.1) is 0 Å². The molecule has 0 aromatic carbocycles. The SMILES string of the molecule is Cc1nc([N+](=O)[O-])cn1CCC(=O)NC1CCN(C2CCCCCC2)C1. The third-order valence-electron chi connectivity index (χ3n) is 5.66. The van der Waals surface area contributed by atoms with Crippen LogP contribution in [-0.4, -0.2) is 50.5 Å². The summed E-state index contributed by atoms with van der Waals surface area (Å²) in [6.45, 7) is 4.15. The van der Waals surface area contributed by atoms with Crippen LogP contribution in [0.4, 0.5) is 5.82 Å². The van der Waals surface area contributed by atoms with Crippen LogP contribution in [0.1, 0.15) is 57.2 Å². The normalized spacial score (nSPS) is 22.3. The number of aromatic nitrogens is 2. The molecule has 2 heterocycles. The van der Waals surface area contributed by atoms with E-state index < -0.39 is 4.92 Å². The molecule has 1 saturated heterocycles. The molecule has 1 N–H and O–H groups in total. The number of rotatable bonds is 6. The molecule has 0 spiro atoms. The second-order valence-corrected chi connectivity index (χ2v) is 7.54. The number of imidazole rings is 1. The highest BCUT2D eigenvalue weighted by molar-refractivity contribution is 5.76. The molecule has 1 aliphatic carbocycles. The number of nitro groups is 1. The van der Waals surface area contributed by atoms with Crippen molar-refractivity contribution >= 4 is 11.7 Å². The van der Waals surface area contributed by atoms with Crippen LogP contribution >= 0.6 is 0 Å². The number of carbonyl (C=O) groups excluding carboxylic acids is 1. The van der Waals surface area contributed by atoms with Gasteiger partial charge in [-0.25, -0.2) is 0 Å². The van der Waals surface area contributed by atoms with Crippen molar-refractivity contribution in [3.05, 3.63) is 22.1 Å². The van der Waals surface area contributed by atoms with Crippen molar-refractivity contribution in [3.8, 4) is 0 Å². The monoisotopic (exact) mass is 363 g/mol. The van der Waals surface area contributed by atoms with Crippen LogP contribution in [0.3, 0.4) is 0 Å². The molecule has 144 valence electrons. The lowest BCUT2D eigenvalue weighted by Crippen LogP contribution is -2.40. The number of nitrogens with zero attached hydrogens (tertiary/aromatic N) is 4. The van der Waals surface area contributed by atoms with Crippen LogP contribution in [0, 0.1) is 17.0 Å². The van der Waals surface area contributed by atoms with Gasteiger partial charge in [-0.2, -0.15) is 0 Å². The van der Waals surface area contributed by atoms with Gasteiger partial charge in [0, 0.05) is 45.1 Å². The zero-order valence-corrected chi connectivity index (χ0v) is 15.5. The van der Waals surface area contributed by atoms with E-state index in [2.05, 4.69) is 15.2 Å². The van der Waals surface area contributed by atoms with Crippen LogP contribution in [0.2, 0.25) is 0 Å². The lowest BCUT2D eigenvalue weighted by atomic mass is 10.1. The van der Waals surface area contributed by atoms with E-state index in [4.69, 9.17) is 0 Å². The number of nitrogens with one attached hydrogen (secondary N) is 1. The lowest BCUT2D eigenvalue weighted by molar-refractivity contribution is -0.389. The summed E-state index contributed by atoms with van der Waals surface area (Å²) in [5.41, 5.74) is 0. The Bertz CT molecular complexity index is 637. The minimum absolute atomic E-state index is 0.00784. The van der Waals surface area contributed by atoms with Crippen LogP contribution in [0.5, 0.6) is 0 Å². The van der Waals surface area contributed by atoms with Crippen molar-refractivity contribution in [2.75, 3.05) is 13.1 Å². The topological polar surface area (TPSA) is 93.3 Å². The predicted octanol–water partition coefficient (Wildman–Crippen LogP) is 2.40. The van der Waals surface area contributed by atoms with Gasteiger partial charge in [0.05, 0.1) is 0 Å². The number of aryl methyl sites for hydroxylation is 2. The van der Waals surface area contributed by atoms with E-state index in [1.807, 2.05) is 0 Å². The summed E-state index contributed by atoms with van der Waals surface area (Å²) in [5, 5.41) is 13.9. The van der Waals surface area contributed by atoms with E-state index in [0.717, 1.165) is 19.5 Å². The first-order valence-electron chi connectivity index (χ1n) is 9.74. The second-order valence-electron chi connectivity index (χ2n) is 7.54. The predicted molar refractivity (Wildman–Crippen MR) is 97.8 cm³/mol. The molecule has 8 nitrogen and oxygen atoms in total. The number of amides is 1. The molecule has 1 amide bonds. The minimum atomic E-state index is -0.510. The highest BCUT2D eigenvalue weighted by atomic mass is 16.6. The first kappa shape index (κ1) is 18.8. The van der Waals surface area contributed by atoms with Crippen molar-refractivity contribution in [2.24, 2.45) is 0 Å². The first-order valence-corrected chi connectivity index (χ1v) is 9.74. The van der Waals surface area contributed by atoms with Gasteiger partial charge in [0.1, 0.15) is 6.20 Å². The Labute approximate surface area is 154 Å². The molecule has 0 bridgehead atoms. The Hall–Kier alpha value is -1.96. The van der Waals surface area contributed by atoms with Crippen LogP contribution in [0.25, 0.3) is 0 Å². The number of likely N-dealkylation sites (tertiary alicyclic amines) is 1. The average molecular weight is 363 g/mol. The Morgan fingerprint density at radius 3 is 2.69 bits per heavy atom. The lowest BCUT2D eigenvalue weighted by Gasteiger charge is -2.26. The standard InChI is InChI=1S/C18H29N5O3/c1-14-19-17(23(25)26)13-21(14)11-9-18(24)20-15-8-10-22(12-15)16-6-4-2-3-5-7-16/h13,15-16H,2-12H2,1H3,(H,20,24). The quantitative estimate of drug-likeness (QED) is 0.476. The molecule has 8 heteroatoms. The third kappa shape index (κ3) is 4.81. The van der Waals surface area contributed by atoms with Gasteiger partial charge in [-0.1, -0.05) is 25.7 Å². The summed E-state index contributed by atoms with van der Waals surface area (Å²) >= 11 is 0. The third-order valence-corrected chi connectivity index (χ3v) is 5.66.